The van der Waals surface area contributed by atoms with Crippen molar-refractivity contribution in [2.75, 3.05) is 38.3 Å². The van der Waals surface area contributed by atoms with Gasteiger partial charge in [0.25, 0.3) is 0 Å². The van der Waals surface area contributed by atoms with Crippen LogP contribution in [-0.2, 0) is 4.74 Å². The van der Waals surface area contributed by atoms with Gasteiger partial charge in [-0.05, 0) is 31.5 Å². The van der Waals surface area contributed by atoms with Crippen molar-refractivity contribution in [3.05, 3.63) is 23.6 Å². The Labute approximate surface area is 134 Å². The Balaban J connectivity index is 1.61. The number of fused-ring (bicyclic) bond motifs is 1. The smallest absolute Gasteiger partial charge is 0.183 e. The first-order valence-electron chi connectivity index (χ1n) is 7.54. The van der Waals surface area contributed by atoms with Gasteiger partial charge in [0.2, 0.25) is 0 Å². The van der Waals surface area contributed by atoms with Crippen molar-refractivity contribution in [3.8, 4) is 22.8 Å². The number of hydrogen-bond acceptors (Lipinski definition) is 6. The molecule has 0 radical (unpaired) electrons. The lowest BCUT2D eigenvalue weighted by Crippen LogP contribution is -2.15. The summed E-state index contributed by atoms with van der Waals surface area (Å²) in [5, 5.41) is 6.31. The molecule has 6 heteroatoms. The SMILES string of the molecule is CCOCCCNc1nc(-c2ccc3c(c2)OCCO3)cs1. The molecule has 0 fully saturated rings. The van der Waals surface area contributed by atoms with Crippen LogP contribution in [0.1, 0.15) is 13.3 Å². The molecule has 3 rings (SSSR count). The molecule has 1 aromatic carbocycles. The molecule has 0 amide bonds. The summed E-state index contributed by atoms with van der Waals surface area (Å²) in [7, 11) is 0. The fourth-order valence-electron chi connectivity index (χ4n) is 2.20. The Morgan fingerprint density at radius 3 is 3.00 bits per heavy atom. The van der Waals surface area contributed by atoms with Crippen molar-refractivity contribution in [1.29, 1.82) is 0 Å². The normalized spacial score (nSPS) is 13.1. The summed E-state index contributed by atoms with van der Waals surface area (Å²) in [4.78, 5) is 4.62. The van der Waals surface area contributed by atoms with Gasteiger partial charge in [0.1, 0.15) is 13.2 Å². The number of ether oxygens (including phenoxy) is 3. The van der Waals surface area contributed by atoms with Gasteiger partial charge in [0, 0.05) is 30.7 Å². The Kier molecular flexibility index (Phi) is 5.13. The van der Waals surface area contributed by atoms with Gasteiger partial charge in [-0.1, -0.05) is 0 Å². The van der Waals surface area contributed by atoms with E-state index in [2.05, 4.69) is 15.7 Å². The average Bonchev–Trinajstić information content (AvgIpc) is 3.03. The molecule has 0 bridgehead atoms. The van der Waals surface area contributed by atoms with E-state index in [4.69, 9.17) is 14.2 Å². The number of aromatic nitrogens is 1. The van der Waals surface area contributed by atoms with E-state index in [-0.39, 0.29) is 0 Å². The molecule has 0 saturated carbocycles. The van der Waals surface area contributed by atoms with Gasteiger partial charge in [-0.15, -0.1) is 11.3 Å². The Hall–Kier alpha value is -1.79. The minimum Gasteiger partial charge on any atom is -0.486 e. The van der Waals surface area contributed by atoms with Gasteiger partial charge in [0.05, 0.1) is 5.69 Å². The monoisotopic (exact) mass is 320 g/mol. The highest BCUT2D eigenvalue weighted by Crippen LogP contribution is 2.35. The van der Waals surface area contributed by atoms with Crippen molar-refractivity contribution in [3.63, 3.8) is 0 Å². The first kappa shape index (κ1) is 15.1. The molecular weight excluding hydrogens is 300 g/mol. The highest BCUT2D eigenvalue weighted by Gasteiger charge is 2.13. The second-order valence-electron chi connectivity index (χ2n) is 4.87. The number of hydrogen-bond donors (Lipinski definition) is 1. The molecule has 1 N–H and O–H groups in total. The van der Waals surface area contributed by atoms with Crippen LogP contribution < -0.4 is 14.8 Å². The number of nitrogens with zero attached hydrogens (tertiary/aromatic N) is 1. The zero-order valence-electron chi connectivity index (χ0n) is 12.6. The lowest BCUT2D eigenvalue weighted by molar-refractivity contribution is 0.147. The minimum absolute atomic E-state index is 0.597. The van der Waals surface area contributed by atoms with E-state index < -0.39 is 0 Å². The summed E-state index contributed by atoms with van der Waals surface area (Å²) >= 11 is 1.61. The van der Waals surface area contributed by atoms with Crippen molar-refractivity contribution in [2.45, 2.75) is 13.3 Å². The maximum atomic E-state index is 5.62. The van der Waals surface area contributed by atoms with E-state index in [9.17, 15) is 0 Å². The maximum absolute atomic E-state index is 5.62. The van der Waals surface area contributed by atoms with Crippen LogP contribution in [-0.4, -0.2) is 38.0 Å². The quantitative estimate of drug-likeness (QED) is 0.792. The van der Waals surface area contributed by atoms with Crippen LogP contribution in [0.15, 0.2) is 23.6 Å². The highest BCUT2D eigenvalue weighted by atomic mass is 32.1. The van der Waals surface area contributed by atoms with Crippen molar-refractivity contribution >= 4 is 16.5 Å². The summed E-state index contributed by atoms with van der Waals surface area (Å²) in [5.74, 6) is 1.60. The van der Waals surface area contributed by atoms with Crippen molar-refractivity contribution < 1.29 is 14.2 Å². The fraction of sp³-hybridized carbons (Fsp3) is 0.438. The van der Waals surface area contributed by atoms with E-state index >= 15 is 0 Å². The van der Waals surface area contributed by atoms with Gasteiger partial charge in [0.15, 0.2) is 16.6 Å². The summed E-state index contributed by atoms with van der Waals surface area (Å²) in [5.41, 5.74) is 2.00. The number of nitrogens with one attached hydrogen (secondary N) is 1. The van der Waals surface area contributed by atoms with Crippen LogP contribution in [0.4, 0.5) is 5.13 Å². The lowest BCUT2D eigenvalue weighted by Gasteiger charge is -2.18. The Bertz CT molecular complexity index is 615. The summed E-state index contributed by atoms with van der Waals surface area (Å²) in [6, 6.07) is 5.95. The summed E-state index contributed by atoms with van der Waals surface area (Å²) in [6.45, 7) is 5.64. The molecule has 118 valence electrons. The van der Waals surface area contributed by atoms with Crippen molar-refractivity contribution in [1.82, 2.24) is 4.98 Å². The molecule has 5 nitrogen and oxygen atoms in total. The van der Waals surface area contributed by atoms with Gasteiger partial charge < -0.3 is 19.5 Å². The molecule has 2 heterocycles. The second kappa shape index (κ2) is 7.47. The van der Waals surface area contributed by atoms with Gasteiger partial charge in [-0.2, -0.15) is 0 Å². The van der Waals surface area contributed by atoms with Crippen LogP contribution in [0.25, 0.3) is 11.3 Å². The van der Waals surface area contributed by atoms with E-state index in [1.165, 1.54) is 0 Å². The Morgan fingerprint density at radius 1 is 1.27 bits per heavy atom. The van der Waals surface area contributed by atoms with Crippen LogP contribution in [0.5, 0.6) is 11.5 Å². The molecule has 0 aliphatic carbocycles. The highest BCUT2D eigenvalue weighted by molar-refractivity contribution is 7.14. The third kappa shape index (κ3) is 3.69. The van der Waals surface area contributed by atoms with Crippen LogP contribution in [0.3, 0.4) is 0 Å². The molecule has 0 saturated heterocycles. The van der Waals surface area contributed by atoms with E-state index in [1.54, 1.807) is 11.3 Å². The molecule has 1 aliphatic heterocycles. The number of benzene rings is 1. The molecule has 0 atom stereocenters. The van der Waals surface area contributed by atoms with E-state index in [0.717, 1.165) is 54.1 Å². The van der Waals surface area contributed by atoms with Gasteiger partial charge in [-0.3, -0.25) is 0 Å². The van der Waals surface area contributed by atoms with E-state index in [1.807, 2.05) is 25.1 Å². The maximum Gasteiger partial charge on any atom is 0.183 e. The molecule has 0 unspecified atom stereocenters. The lowest BCUT2D eigenvalue weighted by atomic mass is 10.1. The van der Waals surface area contributed by atoms with Crippen LogP contribution >= 0.6 is 11.3 Å². The standard InChI is InChI=1S/C16H20N2O3S/c1-2-19-7-3-6-17-16-18-13(11-22-16)12-4-5-14-15(10-12)21-9-8-20-14/h4-5,10-11H,2-3,6-9H2,1H3,(H,17,18). The zero-order chi connectivity index (χ0) is 15.2. The number of anilines is 1. The van der Waals surface area contributed by atoms with Gasteiger partial charge in [-0.25, -0.2) is 4.98 Å². The van der Waals surface area contributed by atoms with Crippen LogP contribution in [0, 0.1) is 0 Å². The predicted molar refractivity (Wildman–Crippen MR) is 88.1 cm³/mol. The third-order valence-electron chi connectivity index (χ3n) is 3.29. The average molecular weight is 320 g/mol. The minimum atomic E-state index is 0.597. The summed E-state index contributed by atoms with van der Waals surface area (Å²) < 4.78 is 16.5. The molecule has 0 spiro atoms. The number of thiazole rings is 1. The zero-order valence-corrected chi connectivity index (χ0v) is 13.4. The molecule has 22 heavy (non-hydrogen) atoms. The van der Waals surface area contributed by atoms with Gasteiger partial charge >= 0.3 is 0 Å². The third-order valence-corrected chi connectivity index (χ3v) is 4.09. The van der Waals surface area contributed by atoms with Crippen molar-refractivity contribution in [2.24, 2.45) is 0 Å². The molecular formula is C16H20N2O3S. The molecule has 2 aromatic rings. The topological polar surface area (TPSA) is 52.6 Å². The predicted octanol–water partition coefficient (Wildman–Crippen LogP) is 3.42. The fourth-order valence-corrected chi connectivity index (χ4v) is 2.95. The Morgan fingerprint density at radius 2 is 2.14 bits per heavy atom. The second-order valence-corrected chi connectivity index (χ2v) is 5.73. The first-order valence-corrected chi connectivity index (χ1v) is 8.42. The van der Waals surface area contributed by atoms with Crippen LogP contribution in [0.2, 0.25) is 0 Å². The van der Waals surface area contributed by atoms with E-state index in [0.29, 0.717) is 13.2 Å². The molecule has 1 aliphatic rings. The first-order chi connectivity index (χ1) is 10.9. The number of rotatable bonds is 7. The largest absolute Gasteiger partial charge is 0.486 e. The molecule has 1 aromatic heterocycles. The summed E-state index contributed by atoms with van der Waals surface area (Å²) in [6.07, 6.45) is 0.979.